The van der Waals surface area contributed by atoms with Crippen molar-refractivity contribution in [3.8, 4) is 0 Å². The van der Waals surface area contributed by atoms with Gasteiger partial charge in [-0.2, -0.15) is 5.10 Å². The van der Waals surface area contributed by atoms with Gasteiger partial charge in [0.1, 0.15) is 6.20 Å². The number of nitrogens with one attached hydrogen (secondary N) is 2. The highest BCUT2D eigenvalue weighted by atomic mass is 16.6. The molecule has 1 heterocycles. The van der Waals surface area contributed by atoms with Crippen molar-refractivity contribution in [2.75, 3.05) is 13.2 Å². The number of H-pyrrole nitrogens is 1. The Bertz CT molecular complexity index is 426. The topological polar surface area (TPSA) is 121 Å². The van der Waals surface area contributed by atoms with Gasteiger partial charge in [0.05, 0.1) is 4.92 Å². The van der Waals surface area contributed by atoms with Gasteiger partial charge in [-0.25, -0.2) is 0 Å². The molecule has 0 radical (unpaired) electrons. The lowest BCUT2D eigenvalue weighted by Gasteiger charge is -2.21. The number of nitrogens with zero attached hydrogens (tertiary/aromatic N) is 2. The highest BCUT2D eigenvalue weighted by Gasteiger charge is 2.24. The first-order valence-electron chi connectivity index (χ1n) is 4.94. The molecule has 1 rings (SSSR count). The molecule has 1 amide bonds. The number of aromatic amines is 1. The molecule has 3 N–H and O–H groups in total. The fraction of sp³-hybridized carbons (Fsp3) is 0.556. The molecular formula is C9H14N4O4. The molecule has 8 heteroatoms. The zero-order valence-electron chi connectivity index (χ0n) is 9.56. The molecule has 1 aromatic rings. The van der Waals surface area contributed by atoms with Crippen molar-refractivity contribution in [1.29, 1.82) is 0 Å². The van der Waals surface area contributed by atoms with E-state index in [1.165, 1.54) is 0 Å². The van der Waals surface area contributed by atoms with Gasteiger partial charge in [-0.3, -0.25) is 20.0 Å². The van der Waals surface area contributed by atoms with Crippen LogP contribution < -0.4 is 5.32 Å². The van der Waals surface area contributed by atoms with Crippen LogP contribution in [-0.2, 0) is 0 Å². The second-order valence-electron chi connectivity index (χ2n) is 4.39. The average Bonchev–Trinajstić information content (AvgIpc) is 2.75. The highest BCUT2D eigenvalue weighted by Crippen LogP contribution is 2.15. The van der Waals surface area contributed by atoms with E-state index >= 15 is 0 Å². The molecule has 0 fully saturated rings. The van der Waals surface area contributed by atoms with E-state index in [1.54, 1.807) is 13.8 Å². The quantitative estimate of drug-likeness (QED) is 0.498. The molecule has 0 unspecified atom stereocenters. The molecule has 1 aromatic heterocycles. The Morgan fingerprint density at radius 2 is 2.35 bits per heavy atom. The summed E-state index contributed by atoms with van der Waals surface area (Å²) in [5.74, 6) is -0.615. The third kappa shape index (κ3) is 3.25. The monoisotopic (exact) mass is 242 g/mol. The van der Waals surface area contributed by atoms with Gasteiger partial charge in [-0.15, -0.1) is 0 Å². The van der Waals surface area contributed by atoms with Crippen LogP contribution in [0, 0.1) is 15.5 Å². The van der Waals surface area contributed by atoms with Gasteiger partial charge in [0.2, 0.25) is 5.69 Å². The lowest BCUT2D eigenvalue weighted by Crippen LogP contribution is -2.36. The van der Waals surface area contributed by atoms with Gasteiger partial charge in [0.15, 0.2) is 0 Å². The van der Waals surface area contributed by atoms with Crippen molar-refractivity contribution in [3.05, 3.63) is 22.0 Å². The molecule has 0 aliphatic carbocycles. The predicted molar refractivity (Wildman–Crippen MR) is 58.4 cm³/mol. The van der Waals surface area contributed by atoms with E-state index < -0.39 is 16.2 Å². The molecule has 0 spiro atoms. The molecular weight excluding hydrogens is 228 g/mol. The van der Waals surface area contributed by atoms with E-state index in [9.17, 15) is 14.9 Å². The molecule has 17 heavy (non-hydrogen) atoms. The lowest BCUT2D eigenvalue weighted by molar-refractivity contribution is -0.385. The van der Waals surface area contributed by atoms with Crippen molar-refractivity contribution in [2.45, 2.75) is 13.8 Å². The number of aromatic nitrogens is 2. The average molecular weight is 242 g/mol. The largest absolute Gasteiger partial charge is 0.396 e. The van der Waals surface area contributed by atoms with Crippen molar-refractivity contribution in [2.24, 2.45) is 5.41 Å². The van der Waals surface area contributed by atoms with Crippen molar-refractivity contribution >= 4 is 11.6 Å². The SMILES string of the molecule is CC(C)(CO)CNC(=O)c1[nH]ncc1[N+](=O)[O-]. The third-order valence-corrected chi connectivity index (χ3v) is 2.20. The van der Waals surface area contributed by atoms with Crippen LogP contribution in [0.2, 0.25) is 0 Å². The molecule has 0 saturated carbocycles. The van der Waals surface area contributed by atoms with Gasteiger partial charge in [-0.05, 0) is 0 Å². The molecule has 0 aliphatic heterocycles. The summed E-state index contributed by atoms with van der Waals surface area (Å²) < 4.78 is 0. The first-order chi connectivity index (χ1) is 7.87. The van der Waals surface area contributed by atoms with Crippen LogP contribution in [0.25, 0.3) is 0 Å². The van der Waals surface area contributed by atoms with Crippen molar-refractivity contribution in [3.63, 3.8) is 0 Å². The summed E-state index contributed by atoms with van der Waals surface area (Å²) >= 11 is 0. The first kappa shape index (κ1) is 13.1. The van der Waals surface area contributed by atoms with Gasteiger partial charge >= 0.3 is 5.69 Å². The Morgan fingerprint density at radius 3 is 2.88 bits per heavy atom. The fourth-order valence-corrected chi connectivity index (χ4v) is 1.05. The minimum absolute atomic E-state index is 0.0989. The van der Waals surface area contributed by atoms with Crippen LogP contribution in [0.15, 0.2) is 6.20 Å². The number of nitro groups is 1. The van der Waals surface area contributed by atoms with E-state index in [4.69, 9.17) is 5.11 Å². The smallest absolute Gasteiger partial charge is 0.319 e. The van der Waals surface area contributed by atoms with Crippen LogP contribution in [0.5, 0.6) is 0 Å². The minimum Gasteiger partial charge on any atom is -0.396 e. The standard InChI is InChI=1S/C9H14N4O4/c1-9(2,5-14)4-10-8(15)7-6(13(16)17)3-11-12-7/h3,14H,4-5H2,1-2H3,(H,10,15)(H,11,12). The summed E-state index contributed by atoms with van der Waals surface area (Å²) in [5.41, 5.74) is -1.04. The summed E-state index contributed by atoms with van der Waals surface area (Å²) in [6.45, 7) is 3.63. The van der Waals surface area contributed by atoms with Crippen LogP contribution in [0.1, 0.15) is 24.3 Å². The molecule has 0 aliphatic rings. The first-order valence-corrected chi connectivity index (χ1v) is 4.94. The van der Waals surface area contributed by atoms with E-state index in [1.807, 2.05) is 0 Å². The molecule has 0 aromatic carbocycles. The number of aliphatic hydroxyl groups is 1. The van der Waals surface area contributed by atoms with E-state index in [2.05, 4.69) is 15.5 Å². The highest BCUT2D eigenvalue weighted by molar-refractivity contribution is 5.95. The second-order valence-corrected chi connectivity index (χ2v) is 4.39. The fourth-order valence-electron chi connectivity index (χ4n) is 1.05. The number of aliphatic hydroxyl groups excluding tert-OH is 1. The molecule has 0 saturated heterocycles. The number of carbonyl (C=O) groups excluding carboxylic acids is 1. The zero-order chi connectivity index (χ0) is 13.1. The Labute approximate surface area is 97.2 Å². The summed E-state index contributed by atoms with van der Waals surface area (Å²) in [6, 6.07) is 0. The maximum Gasteiger partial charge on any atom is 0.319 e. The third-order valence-electron chi connectivity index (χ3n) is 2.20. The Balaban J connectivity index is 2.71. The van der Waals surface area contributed by atoms with Crippen LogP contribution in [0.3, 0.4) is 0 Å². The van der Waals surface area contributed by atoms with Crippen molar-refractivity contribution in [1.82, 2.24) is 15.5 Å². The van der Waals surface area contributed by atoms with Gasteiger partial charge in [-0.1, -0.05) is 13.8 Å². The number of carbonyl (C=O) groups is 1. The summed E-state index contributed by atoms with van der Waals surface area (Å²) in [6.07, 6.45) is 0.978. The summed E-state index contributed by atoms with van der Waals surface area (Å²) in [4.78, 5) is 21.5. The number of rotatable bonds is 5. The Morgan fingerprint density at radius 1 is 1.71 bits per heavy atom. The second kappa shape index (κ2) is 4.91. The number of hydrogen-bond acceptors (Lipinski definition) is 5. The minimum atomic E-state index is -0.685. The van der Waals surface area contributed by atoms with Gasteiger partial charge < -0.3 is 10.4 Å². The maximum absolute atomic E-state index is 11.6. The molecule has 0 bridgehead atoms. The predicted octanol–water partition coefficient (Wildman–Crippen LogP) is 0.0662. The molecule has 8 nitrogen and oxygen atoms in total. The number of amides is 1. The van der Waals surface area contributed by atoms with E-state index in [0.29, 0.717) is 0 Å². The Hall–Kier alpha value is -1.96. The summed E-state index contributed by atoms with van der Waals surface area (Å²) in [5, 5.41) is 27.8. The van der Waals surface area contributed by atoms with Crippen LogP contribution in [-0.4, -0.2) is 39.3 Å². The maximum atomic E-state index is 11.6. The number of hydrogen-bond donors (Lipinski definition) is 3. The van der Waals surface area contributed by atoms with Crippen LogP contribution in [0.4, 0.5) is 5.69 Å². The molecule has 94 valence electrons. The van der Waals surface area contributed by atoms with Gasteiger partial charge in [0, 0.05) is 18.6 Å². The van der Waals surface area contributed by atoms with Gasteiger partial charge in [0.25, 0.3) is 5.91 Å². The Kier molecular flexibility index (Phi) is 3.79. The summed E-state index contributed by atoms with van der Waals surface area (Å²) in [7, 11) is 0. The normalized spacial score (nSPS) is 11.2. The van der Waals surface area contributed by atoms with E-state index in [0.717, 1.165) is 6.20 Å². The van der Waals surface area contributed by atoms with E-state index in [-0.39, 0.29) is 24.5 Å². The van der Waals surface area contributed by atoms with Crippen LogP contribution >= 0.6 is 0 Å². The zero-order valence-corrected chi connectivity index (χ0v) is 9.56. The lowest BCUT2D eigenvalue weighted by atomic mass is 9.95. The molecule has 0 atom stereocenters. The van der Waals surface area contributed by atoms with Crippen molar-refractivity contribution < 1.29 is 14.8 Å².